The van der Waals surface area contributed by atoms with E-state index in [-0.39, 0.29) is 23.7 Å². The van der Waals surface area contributed by atoms with Crippen LogP contribution in [-0.4, -0.2) is 31.5 Å². The van der Waals surface area contributed by atoms with Gasteiger partial charge in [-0.2, -0.15) is 5.10 Å². The molecule has 0 saturated carbocycles. The average molecular weight is 569 g/mol. The summed E-state index contributed by atoms with van der Waals surface area (Å²) >= 11 is 1.32. The molecule has 0 atom stereocenters. The number of hydrogen-bond donors (Lipinski definition) is 0. The Morgan fingerprint density at radius 2 is 1.76 bits per heavy atom. The van der Waals surface area contributed by atoms with Crippen molar-refractivity contribution in [2.45, 2.75) is 13.8 Å². The smallest absolute Gasteiger partial charge is 0.297 e. The maximum Gasteiger partial charge on any atom is 0.297 e. The quantitative estimate of drug-likeness (QED) is 0.159. The topological polar surface area (TPSA) is 118 Å². The summed E-state index contributed by atoms with van der Waals surface area (Å²) < 4.78 is 16.0. The van der Waals surface area contributed by atoms with Crippen LogP contribution in [-0.2, 0) is 7.05 Å². The Morgan fingerprint density at radius 1 is 1.02 bits per heavy atom. The van der Waals surface area contributed by atoms with Crippen molar-refractivity contribution in [2.75, 3.05) is 6.79 Å². The van der Waals surface area contributed by atoms with Crippen molar-refractivity contribution in [1.82, 2.24) is 14.0 Å². The van der Waals surface area contributed by atoms with Crippen LogP contribution in [0.3, 0.4) is 0 Å². The highest BCUT2D eigenvalue weighted by molar-refractivity contribution is 7.07. The van der Waals surface area contributed by atoms with E-state index in [0.717, 1.165) is 11.3 Å². The molecule has 0 N–H and O–H groups in total. The maximum absolute atomic E-state index is 13.6. The number of ether oxygens (including phenoxy) is 2. The van der Waals surface area contributed by atoms with Crippen LogP contribution in [0.2, 0.25) is 0 Å². The van der Waals surface area contributed by atoms with E-state index < -0.39 is 4.92 Å². The molecule has 0 radical (unpaired) electrons. The minimum absolute atomic E-state index is 0.0122. The lowest BCUT2D eigenvalue weighted by atomic mass is 10.1. The number of non-ortho nitro benzene ring substituents is 1. The number of nitro benzene ring substituents is 1. The summed E-state index contributed by atoms with van der Waals surface area (Å²) in [5, 5.41) is 18.0. The molecule has 1 aliphatic rings. The molecule has 0 spiro atoms. The first-order valence-electron chi connectivity index (χ1n) is 12.6. The molecule has 2 aromatic heterocycles. The number of nitrogens with zero attached hydrogens (tertiary/aromatic N) is 6. The number of benzene rings is 3. The Bertz CT molecular complexity index is 1950. The highest BCUT2D eigenvalue weighted by atomic mass is 32.1. The summed E-state index contributed by atoms with van der Waals surface area (Å²) in [5.74, 6) is 1.30. The van der Waals surface area contributed by atoms with Crippen LogP contribution in [0.25, 0.3) is 16.9 Å². The Hall–Kier alpha value is -5.23. The molecule has 6 rings (SSSR count). The van der Waals surface area contributed by atoms with Crippen molar-refractivity contribution in [3.05, 3.63) is 115 Å². The van der Waals surface area contributed by atoms with E-state index in [9.17, 15) is 14.9 Å². The number of rotatable bonds is 6. The second-order valence-electron chi connectivity index (χ2n) is 9.29. The highest BCUT2D eigenvalue weighted by Crippen LogP contribution is 2.33. The minimum atomic E-state index is -0.440. The van der Waals surface area contributed by atoms with E-state index in [0.29, 0.717) is 39.0 Å². The first-order valence-corrected chi connectivity index (χ1v) is 13.5. The van der Waals surface area contributed by atoms with E-state index in [4.69, 9.17) is 19.6 Å². The average Bonchev–Trinajstić information content (AvgIpc) is 3.67. The third kappa shape index (κ3) is 4.74. The van der Waals surface area contributed by atoms with Gasteiger partial charge in [-0.3, -0.25) is 19.6 Å². The van der Waals surface area contributed by atoms with Crippen molar-refractivity contribution < 1.29 is 14.4 Å². The van der Waals surface area contributed by atoms with Crippen LogP contribution in [0.15, 0.2) is 93.1 Å². The van der Waals surface area contributed by atoms with Gasteiger partial charge in [0.2, 0.25) is 11.6 Å². The lowest BCUT2D eigenvalue weighted by Crippen LogP contribution is -2.20. The maximum atomic E-state index is 13.6. The number of para-hydroxylation sites is 1. The van der Waals surface area contributed by atoms with Crippen LogP contribution in [0.1, 0.15) is 18.2 Å². The van der Waals surface area contributed by atoms with E-state index in [2.05, 4.69) is 0 Å². The molecule has 41 heavy (non-hydrogen) atoms. The molecule has 5 aromatic rings. The van der Waals surface area contributed by atoms with Crippen LogP contribution >= 0.6 is 11.3 Å². The molecular formula is C29H24N6O5S. The van der Waals surface area contributed by atoms with Crippen molar-refractivity contribution in [1.29, 1.82) is 0 Å². The molecule has 0 unspecified atom stereocenters. The van der Waals surface area contributed by atoms with Crippen LogP contribution < -0.4 is 19.8 Å². The zero-order valence-corrected chi connectivity index (χ0v) is 23.2. The van der Waals surface area contributed by atoms with Crippen LogP contribution in [0.5, 0.6) is 11.5 Å². The zero-order chi connectivity index (χ0) is 28.7. The second kappa shape index (κ2) is 10.4. The van der Waals surface area contributed by atoms with Gasteiger partial charge in [0.15, 0.2) is 17.2 Å². The fourth-order valence-corrected chi connectivity index (χ4v) is 5.37. The van der Waals surface area contributed by atoms with Gasteiger partial charge in [-0.25, -0.2) is 14.4 Å². The second-order valence-corrected chi connectivity index (χ2v) is 10.1. The monoisotopic (exact) mass is 568 g/mol. The van der Waals surface area contributed by atoms with Gasteiger partial charge >= 0.3 is 0 Å². The number of nitro groups is 1. The molecule has 0 amide bonds. The summed E-state index contributed by atoms with van der Waals surface area (Å²) in [5.41, 5.74) is 4.29. The molecule has 12 heteroatoms. The van der Waals surface area contributed by atoms with E-state index in [1.165, 1.54) is 23.5 Å². The van der Waals surface area contributed by atoms with Gasteiger partial charge in [0, 0.05) is 35.7 Å². The van der Waals surface area contributed by atoms with Gasteiger partial charge in [-0.15, -0.1) is 11.3 Å². The standard InChI is InChI=1S/C29H24N6O5S/c1-18(21-11-14-25-26(15-21)40-17-39-25)31-33-24(20-9-12-23(13-10-20)35(37)38)16-41-29(33)30-27-19(2)32(3)34(28(27)36)22-7-5-4-6-8-22/h4-16H,17H2,1-3H3. The third-order valence-corrected chi connectivity index (χ3v) is 7.65. The molecule has 11 nitrogen and oxygen atoms in total. The van der Waals surface area contributed by atoms with Crippen molar-refractivity contribution >= 4 is 28.4 Å². The highest BCUT2D eigenvalue weighted by Gasteiger charge is 2.18. The summed E-state index contributed by atoms with van der Waals surface area (Å²) in [6.45, 7) is 3.87. The Morgan fingerprint density at radius 3 is 2.49 bits per heavy atom. The first-order chi connectivity index (χ1) is 19.8. The molecule has 0 aliphatic carbocycles. The van der Waals surface area contributed by atoms with Crippen molar-refractivity contribution in [2.24, 2.45) is 17.1 Å². The molecule has 0 bridgehead atoms. The molecule has 206 valence electrons. The summed E-state index contributed by atoms with van der Waals surface area (Å²) in [6.07, 6.45) is 0. The Kier molecular flexibility index (Phi) is 6.59. The number of aromatic nitrogens is 3. The van der Waals surface area contributed by atoms with Gasteiger partial charge in [-0.1, -0.05) is 18.2 Å². The number of hydrogen-bond acceptors (Lipinski definition) is 8. The van der Waals surface area contributed by atoms with Gasteiger partial charge in [0.1, 0.15) is 0 Å². The number of fused-ring (bicyclic) bond motifs is 1. The third-order valence-electron chi connectivity index (χ3n) is 6.83. The number of thiazole rings is 1. The fraction of sp³-hybridized carbons (Fsp3) is 0.138. The largest absolute Gasteiger partial charge is 0.454 e. The normalized spacial score (nSPS) is 13.1. The van der Waals surface area contributed by atoms with Crippen molar-refractivity contribution in [3.63, 3.8) is 0 Å². The first kappa shape index (κ1) is 26.0. The SMILES string of the molecule is CC(=Nn1c(-c2ccc([N+](=O)[O-])cc2)csc1=Nc1c(C)n(C)n(-c2ccccc2)c1=O)c1ccc2c(c1)OCO2. The Labute approximate surface area is 237 Å². The summed E-state index contributed by atoms with van der Waals surface area (Å²) in [6, 6.07) is 21.2. The molecule has 3 aromatic carbocycles. The lowest BCUT2D eigenvalue weighted by molar-refractivity contribution is -0.384. The lowest BCUT2D eigenvalue weighted by Gasteiger charge is -2.07. The fourth-order valence-electron chi connectivity index (χ4n) is 4.53. The van der Waals surface area contributed by atoms with E-state index in [1.54, 1.807) is 26.2 Å². The molecule has 0 saturated heterocycles. The predicted octanol–water partition coefficient (Wildman–Crippen LogP) is 5.16. The minimum Gasteiger partial charge on any atom is -0.454 e. The van der Waals surface area contributed by atoms with Crippen LogP contribution in [0.4, 0.5) is 11.4 Å². The summed E-state index contributed by atoms with van der Waals surface area (Å²) in [4.78, 5) is 29.6. The van der Waals surface area contributed by atoms with E-state index in [1.807, 2.05) is 74.8 Å². The van der Waals surface area contributed by atoms with Gasteiger partial charge in [0.25, 0.3) is 11.2 Å². The zero-order valence-electron chi connectivity index (χ0n) is 22.3. The Balaban J connectivity index is 1.53. The van der Waals surface area contributed by atoms with E-state index >= 15 is 0 Å². The molecular weight excluding hydrogens is 544 g/mol. The predicted molar refractivity (Wildman–Crippen MR) is 156 cm³/mol. The van der Waals surface area contributed by atoms with Crippen molar-refractivity contribution in [3.8, 4) is 28.4 Å². The van der Waals surface area contributed by atoms with Gasteiger partial charge in [-0.05, 0) is 56.3 Å². The molecule has 0 fully saturated rings. The van der Waals surface area contributed by atoms with Crippen LogP contribution in [0, 0.1) is 17.0 Å². The summed E-state index contributed by atoms with van der Waals surface area (Å²) in [7, 11) is 1.81. The van der Waals surface area contributed by atoms with Gasteiger partial charge in [0.05, 0.1) is 27.7 Å². The van der Waals surface area contributed by atoms with Gasteiger partial charge < -0.3 is 9.47 Å². The molecule has 1 aliphatic heterocycles. The molecule has 3 heterocycles.